The number of piperazine rings is 1. The van der Waals surface area contributed by atoms with Crippen molar-refractivity contribution in [3.8, 4) is 5.88 Å². The van der Waals surface area contributed by atoms with E-state index in [0.29, 0.717) is 32.1 Å². The van der Waals surface area contributed by atoms with Gasteiger partial charge in [-0.15, -0.1) is 0 Å². The van der Waals surface area contributed by atoms with Crippen LogP contribution in [0.5, 0.6) is 5.88 Å². The van der Waals surface area contributed by atoms with Crippen molar-refractivity contribution < 1.29 is 29.4 Å². The molecule has 0 spiro atoms. The molecule has 3 amide bonds. The Hall–Kier alpha value is -3.86. The Labute approximate surface area is 209 Å². The molecule has 2 aliphatic heterocycles. The number of carbonyl (C=O) groups is 3. The van der Waals surface area contributed by atoms with Gasteiger partial charge in [-0.05, 0) is 37.6 Å². The Kier molecular flexibility index (Phi) is 7.30. The van der Waals surface area contributed by atoms with Gasteiger partial charge in [-0.1, -0.05) is 18.2 Å². The highest BCUT2D eigenvalue weighted by Crippen LogP contribution is 2.37. The van der Waals surface area contributed by atoms with E-state index in [1.165, 1.54) is 6.92 Å². The number of nitrogens with one attached hydrogen (secondary N) is 1. The van der Waals surface area contributed by atoms with Crippen molar-refractivity contribution in [2.45, 2.75) is 31.9 Å². The summed E-state index contributed by atoms with van der Waals surface area (Å²) in [5.41, 5.74) is 1.84. The van der Waals surface area contributed by atoms with Gasteiger partial charge >= 0.3 is 6.09 Å². The predicted octanol–water partition coefficient (Wildman–Crippen LogP) is 1.75. The second-order valence-electron chi connectivity index (χ2n) is 9.33. The molecule has 2 saturated heterocycles. The molecule has 3 N–H and O–H groups in total. The van der Waals surface area contributed by atoms with E-state index in [0.717, 1.165) is 16.2 Å². The molecule has 4 rings (SSSR count). The van der Waals surface area contributed by atoms with Crippen LogP contribution in [0.4, 0.5) is 10.5 Å². The van der Waals surface area contributed by atoms with Crippen LogP contribution in [0.25, 0.3) is 0 Å². The summed E-state index contributed by atoms with van der Waals surface area (Å²) in [7, 11) is 0. The molecule has 11 nitrogen and oxygen atoms in total. The number of piperidine rings is 1. The van der Waals surface area contributed by atoms with Crippen LogP contribution < -0.4 is 15.1 Å². The van der Waals surface area contributed by atoms with Crippen molar-refractivity contribution in [3.05, 3.63) is 54.2 Å². The summed E-state index contributed by atoms with van der Waals surface area (Å²) in [6.45, 7) is 5.07. The molecule has 1 aromatic heterocycles. The van der Waals surface area contributed by atoms with Crippen LogP contribution in [0.1, 0.15) is 18.9 Å². The third-order valence-electron chi connectivity index (χ3n) is 7.08. The fourth-order valence-electron chi connectivity index (χ4n) is 5.09. The van der Waals surface area contributed by atoms with Crippen molar-refractivity contribution in [1.29, 1.82) is 0 Å². The number of amides is 3. The second-order valence-corrected chi connectivity index (χ2v) is 9.33. The monoisotopic (exact) mass is 497 g/mol. The molecule has 0 radical (unpaired) electrons. The summed E-state index contributed by atoms with van der Waals surface area (Å²) in [5, 5.41) is 19.6. The Morgan fingerprint density at radius 2 is 1.81 bits per heavy atom. The number of nitrogens with zero attached hydrogens (tertiary/aromatic N) is 4. The maximum absolute atomic E-state index is 13.9. The molecule has 3 heterocycles. The lowest BCUT2D eigenvalue weighted by Crippen LogP contribution is -2.71. The lowest BCUT2D eigenvalue weighted by Gasteiger charge is -2.50. The fraction of sp³-hybridized carbons (Fsp3) is 0.440. The molecule has 192 valence electrons. The molecule has 0 unspecified atom stereocenters. The number of aryl methyl sites for hydroxylation is 1. The number of pyridine rings is 1. The van der Waals surface area contributed by atoms with E-state index in [4.69, 9.17) is 4.74 Å². The van der Waals surface area contributed by atoms with Gasteiger partial charge in [0.05, 0.1) is 12.5 Å². The molecule has 0 aliphatic carbocycles. The van der Waals surface area contributed by atoms with Gasteiger partial charge in [0.2, 0.25) is 17.7 Å². The van der Waals surface area contributed by atoms with Crippen LogP contribution in [0.2, 0.25) is 0 Å². The molecule has 0 saturated carbocycles. The zero-order valence-corrected chi connectivity index (χ0v) is 20.3. The first kappa shape index (κ1) is 25.2. The summed E-state index contributed by atoms with van der Waals surface area (Å²) in [6.07, 6.45) is -0.496. The van der Waals surface area contributed by atoms with E-state index in [-0.39, 0.29) is 13.0 Å². The highest BCUT2D eigenvalue weighted by molar-refractivity contribution is 5.96. The van der Waals surface area contributed by atoms with Crippen molar-refractivity contribution in [3.63, 3.8) is 0 Å². The van der Waals surface area contributed by atoms with Gasteiger partial charge in [0.1, 0.15) is 11.6 Å². The summed E-state index contributed by atoms with van der Waals surface area (Å²) >= 11 is 0. The van der Waals surface area contributed by atoms with E-state index < -0.39 is 35.5 Å². The number of hydrogen-bond donors (Lipinski definition) is 3. The Morgan fingerprint density at radius 3 is 2.42 bits per heavy atom. The van der Waals surface area contributed by atoms with Crippen molar-refractivity contribution in [1.82, 2.24) is 20.3 Å². The summed E-state index contributed by atoms with van der Waals surface area (Å²) < 4.78 is 5.91. The number of hydroxylamine groups is 1. The normalized spacial score (nSPS) is 24.2. The quantitative estimate of drug-likeness (QED) is 0.420. The van der Waals surface area contributed by atoms with Gasteiger partial charge in [0.25, 0.3) is 0 Å². The number of benzene rings is 1. The number of aromatic nitrogens is 1. The van der Waals surface area contributed by atoms with Gasteiger partial charge < -0.3 is 19.6 Å². The van der Waals surface area contributed by atoms with Crippen LogP contribution in [0.3, 0.4) is 0 Å². The Bertz CT molecular complexity index is 1110. The molecule has 2 aliphatic rings. The third-order valence-corrected chi connectivity index (χ3v) is 7.08. The van der Waals surface area contributed by atoms with Crippen LogP contribution in [-0.4, -0.2) is 87.4 Å². The maximum atomic E-state index is 13.9. The number of carboxylic acid groups (broad SMARTS) is 1. The lowest BCUT2D eigenvalue weighted by atomic mass is 9.75. The summed E-state index contributed by atoms with van der Waals surface area (Å²) in [5.74, 6) is -2.20. The number of carbonyl (C=O) groups excluding carboxylic acids is 2. The minimum Gasteiger partial charge on any atom is -0.472 e. The minimum atomic E-state index is -1.73. The summed E-state index contributed by atoms with van der Waals surface area (Å²) in [6, 6.07) is 13.3. The largest absolute Gasteiger partial charge is 0.472 e. The third kappa shape index (κ3) is 4.92. The molecule has 0 bridgehead atoms. The van der Waals surface area contributed by atoms with Crippen molar-refractivity contribution in [2.24, 2.45) is 5.92 Å². The number of ether oxygens (including phenoxy) is 1. The number of anilines is 1. The van der Waals surface area contributed by atoms with Gasteiger partial charge in [0, 0.05) is 50.6 Å². The number of para-hydroxylation sites is 1. The molecule has 11 heteroatoms. The highest BCUT2D eigenvalue weighted by Gasteiger charge is 2.57. The molecule has 2 fully saturated rings. The zero-order valence-electron chi connectivity index (χ0n) is 20.3. The maximum Gasteiger partial charge on any atom is 0.408 e. The predicted molar refractivity (Wildman–Crippen MR) is 130 cm³/mol. The van der Waals surface area contributed by atoms with E-state index in [2.05, 4.69) is 9.88 Å². The fourth-order valence-corrected chi connectivity index (χ4v) is 5.09. The van der Waals surface area contributed by atoms with Crippen LogP contribution in [-0.2, 0) is 9.59 Å². The number of rotatable bonds is 5. The van der Waals surface area contributed by atoms with Gasteiger partial charge in [-0.2, -0.15) is 0 Å². The van der Waals surface area contributed by atoms with E-state index in [9.17, 15) is 24.7 Å². The van der Waals surface area contributed by atoms with Gasteiger partial charge in [-0.25, -0.2) is 15.3 Å². The van der Waals surface area contributed by atoms with Crippen molar-refractivity contribution >= 4 is 23.6 Å². The molecule has 1 aromatic carbocycles. The molecule has 3 atom stereocenters. The standard InChI is InChI=1S/C25H31N5O6/c1-17-8-9-26-21(14-17)36-19-15-20(22(31)27-35)25(2,30(16-19)24(33)34)23(32)29-12-10-28(11-13-29)18-6-4-3-5-7-18/h3-9,14,19-20,35H,10-13,15-16H2,1-2H3,(H,27,31)(H,33,34)/t19-,20+,25-/m0/s1. The number of likely N-dealkylation sites (tertiary alicyclic amines) is 1. The minimum absolute atomic E-state index is 0.0258. The van der Waals surface area contributed by atoms with Crippen molar-refractivity contribution in [2.75, 3.05) is 37.6 Å². The summed E-state index contributed by atoms with van der Waals surface area (Å²) in [4.78, 5) is 47.9. The van der Waals surface area contributed by atoms with E-state index >= 15 is 0 Å². The smallest absolute Gasteiger partial charge is 0.408 e. The molecular weight excluding hydrogens is 466 g/mol. The van der Waals surface area contributed by atoms with Gasteiger partial charge in [0.15, 0.2) is 0 Å². The average molecular weight is 498 g/mol. The molecular formula is C25H31N5O6. The Morgan fingerprint density at radius 1 is 1.11 bits per heavy atom. The Balaban J connectivity index is 1.56. The van der Waals surface area contributed by atoms with Crippen LogP contribution >= 0.6 is 0 Å². The lowest BCUT2D eigenvalue weighted by molar-refractivity contribution is -0.161. The van der Waals surface area contributed by atoms with Gasteiger partial charge in [-0.3, -0.25) is 19.7 Å². The SMILES string of the molecule is Cc1ccnc(O[C@H]2C[C@H](C(=O)NO)[C@@](C)(C(=O)N3CCN(c4ccccc4)CC3)N(C(=O)O)C2)c1. The second kappa shape index (κ2) is 10.4. The number of hydrogen-bond acceptors (Lipinski definition) is 7. The average Bonchev–Trinajstić information content (AvgIpc) is 2.89. The van der Waals surface area contributed by atoms with E-state index in [1.54, 1.807) is 28.7 Å². The zero-order chi connectivity index (χ0) is 25.9. The van der Waals surface area contributed by atoms with Crippen LogP contribution in [0, 0.1) is 12.8 Å². The first-order valence-corrected chi connectivity index (χ1v) is 11.9. The van der Waals surface area contributed by atoms with E-state index in [1.807, 2.05) is 37.3 Å². The first-order chi connectivity index (χ1) is 17.2. The topological polar surface area (TPSA) is 136 Å². The molecule has 36 heavy (non-hydrogen) atoms. The highest BCUT2D eigenvalue weighted by atomic mass is 16.5. The van der Waals surface area contributed by atoms with Crippen LogP contribution in [0.15, 0.2) is 48.7 Å². The first-order valence-electron chi connectivity index (χ1n) is 11.9. The molecule has 2 aromatic rings.